The van der Waals surface area contributed by atoms with Crippen LogP contribution >= 0.6 is 0 Å². The smallest absolute Gasteiger partial charge is 0.262 e. The molecule has 0 radical (unpaired) electrons. The molecule has 2 heterocycles. The molecule has 1 aromatic rings. The van der Waals surface area contributed by atoms with E-state index < -0.39 is 12.2 Å². The van der Waals surface area contributed by atoms with Gasteiger partial charge in [-0.3, -0.25) is 9.59 Å². The molecule has 2 unspecified atom stereocenters. The molecule has 21 heavy (non-hydrogen) atoms. The molecule has 2 aliphatic rings. The van der Waals surface area contributed by atoms with E-state index in [0.717, 1.165) is 11.1 Å². The zero-order valence-electron chi connectivity index (χ0n) is 11.8. The molecule has 5 heteroatoms. The van der Waals surface area contributed by atoms with Gasteiger partial charge < -0.3 is 10.5 Å². The van der Waals surface area contributed by atoms with Crippen LogP contribution in [-0.4, -0.2) is 30.6 Å². The Morgan fingerprint density at radius 2 is 1.95 bits per heavy atom. The summed E-state index contributed by atoms with van der Waals surface area (Å²) in [5.74, 6) is 5.19. The van der Waals surface area contributed by atoms with Crippen LogP contribution in [0, 0.1) is 18.8 Å². The summed E-state index contributed by atoms with van der Waals surface area (Å²) in [4.78, 5) is 25.9. The highest BCUT2D eigenvalue weighted by Gasteiger charge is 2.47. The summed E-state index contributed by atoms with van der Waals surface area (Å²) in [5, 5.41) is 0. The lowest BCUT2D eigenvalue weighted by molar-refractivity contribution is -0.146. The molecule has 5 nitrogen and oxygen atoms in total. The summed E-state index contributed by atoms with van der Waals surface area (Å²) in [6.07, 6.45) is 0.231. The van der Waals surface area contributed by atoms with Crippen molar-refractivity contribution in [3.8, 4) is 11.8 Å². The van der Waals surface area contributed by atoms with Crippen molar-refractivity contribution in [3.05, 3.63) is 29.3 Å². The van der Waals surface area contributed by atoms with Crippen molar-refractivity contribution in [1.29, 1.82) is 0 Å². The number of ether oxygens (including phenoxy) is 1. The van der Waals surface area contributed by atoms with Gasteiger partial charge in [0, 0.05) is 5.56 Å². The molecule has 0 saturated carbocycles. The molecule has 2 fully saturated rings. The standard InChI is InChI=1S/C16H16N2O3/c1-10-4-5-12(9-11(10)3-2-8-17)18-15(19)13-6-7-14(21-13)16(18)20/h4-5,9,13-14H,6-8,17H2,1H3. The van der Waals surface area contributed by atoms with Crippen LogP contribution in [-0.2, 0) is 14.3 Å². The van der Waals surface area contributed by atoms with Crippen molar-refractivity contribution >= 4 is 17.5 Å². The summed E-state index contributed by atoms with van der Waals surface area (Å²) < 4.78 is 5.41. The molecule has 1 aromatic carbocycles. The molecule has 2 atom stereocenters. The number of morpholine rings is 1. The molecular formula is C16H16N2O3. The van der Waals surface area contributed by atoms with Gasteiger partial charge >= 0.3 is 0 Å². The number of hydrogen-bond acceptors (Lipinski definition) is 4. The van der Waals surface area contributed by atoms with Gasteiger partial charge in [0.05, 0.1) is 12.2 Å². The summed E-state index contributed by atoms with van der Waals surface area (Å²) in [6.45, 7) is 2.19. The summed E-state index contributed by atoms with van der Waals surface area (Å²) in [7, 11) is 0. The van der Waals surface area contributed by atoms with Crippen LogP contribution < -0.4 is 10.6 Å². The SMILES string of the molecule is Cc1ccc(N2C(=O)C3CCC(O3)C2=O)cc1C#CCN. The topological polar surface area (TPSA) is 72.6 Å². The maximum Gasteiger partial charge on any atom is 0.262 e. The number of amides is 2. The van der Waals surface area contributed by atoms with Crippen molar-refractivity contribution in [2.45, 2.75) is 32.0 Å². The number of hydrogen-bond donors (Lipinski definition) is 1. The Hall–Kier alpha value is -2.16. The third-order valence-corrected chi connectivity index (χ3v) is 3.82. The molecular weight excluding hydrogens is 268 g/mol. The van der Waals surface area contributed by atoms with Crippen molar-refractivity contribution in [2.24, 2.45) is 5.73 Å². The summed E-state index contributed by atoms with van der Waals surface area (Å²) in [6, 6.07) is 5.38. The van der Waals surface area contributed by atoms with Crippen molar-refractivity contribution in [2.75, 3.05) is 11.4 Å². The second-order valence-electron chi connectivity index (χ2n) is 5.21. The normalized spacial score (nSPS) is 24.0. The highest BCUT2D eigenvalue weighted by molar-refractivity contribution is 6.19. The lowest BCUT2D eigenvalue weighted by atomic mass is 10.1. The number of fused-ring (bicyclic) bond motifs is 2. The first-order valence-electron chi connectivity index (χ1n) is 6.94. The van der Waals surface area contributed by atoms with Crippen LogP contribution in [0.4, 0.5) is 5.69 Å². The molecule has 2 saturated heterocycles. The number of benzene rings is 1. The molecule has 3 rings (SSSR count). The highest BCUT2D eigenvalue weighted by Crippen LogP contribution is 2.32. The molecule has 0 spiro atoms. The van der Waals surface area contributed by atoms with Gasteiger partial charge in [-0.05, 0) is 37.5 Å². The van der Waals surface area contributed by atoms with E-state index in [4.69, 9.17) is 10.5 Å². The number of rotatable bonds is 1. The largest absolute Gasteiger partial charge is 0.355 e. The van der Waals surface area contributed by atoms with Crippen molar-refractivity contribution in [1.82, 2.24) is 0 Å². The molecule has 2 amide bonds. The van der Waals surface area contributed by atoms with E-state index in [-0.39, 0.29) is 18.4 Å². The number of carbonyl (C=O) groups is 2. The van der Waals surface area contributed by atoms with E-state index in [1.54, 1.807) is 12.1 Å². The number of aryl methyl sites for hydroxylation is 1. The van der Waals surface area contributed by atoms with Gasteiger partial charge in [0.2, 0.25) is 0 Å². The first-order chi connectivity index (χ1) is 10.1. The van der Waals surface area contributed by atoms with Gasteiger partial charge in [-0.25, -0.2) is 4.90 Å². The van der Waals surface area contributed by atoms with Crippen LogP contribution in [0.2, 0.25) is 0 Å². The number of imide groups is 1. The third-order valence-electron chi connectivity index (χ3n) is 3.82. The third kappa shape index (κ3) is 2.33. The number of carbonyl (C=O) groups excluding carboxylic acids is 2. The van der Waals surface area contributed by atoms with Crippen LogP contribution in [0.25, 0.3) is 0 Å². The molecule has 0 aromatic heterocycles. The van der Waals surface area contributed by atoms with E-state index in [2.05, 4.69) is 11.8 Å². The zero-order valence-corrected chi connectivity index (χ0v) is 11.8. The minimum atomic E-state index is -0.493. The van der Waals surface area contributed by atoms with Crippen LogP contribution in [0.5, 0.6) is 0 Å². The van der Waals surface area contributed by atoms with Crippen LogP contribution in [0.3, 0.4) is 0 Å². The van der Waals surface area contributed by atoms with Gasteiger partial charge in [0.15, 0.2) is 0 Å². The Labute approximate surface area is 123 Å². The van der Waals surface area contributed by atoms with E-state index in [1.807, 2.05) is 13.0 Å². The van der Waals surface area contributed by atoms with Gasteiger partial charge in [0.1, 0.15) is 12.2 Å². The van der Waals surface area contributed by atoms with E-state index in [1.165, 1.54) is 4.90 Å². The van der Waals surface area contributed by atoms with Crippen molar-refractivity contribution in [3.63, 3.8) is 0 Å². The average Bonchev–Trinajstić information content (AvgIpc) is 2.93. The van der Waals surface area contributed by atoms with Gasteiger partial charge in [-0.15, -0.1) is 0 Å². The molecule has 0 aliphatic carbocycles. The lowest BCUT2D eigenvalue weighted by Gasteiger charge is -2.30. The molecule has 2 aliphatic heterocycles. The predicted molar refractivity (Wildman–Crippen MR) is 77.5 cm³/mol. The summed E-state index contributed by atoms with van der Waals surface area (Å²) in [5.41, 5.74) is 7.70. The molecule has 2 bridgehead atoms. The highest BCUT2D eigenvalue weighted by atomic mass is 16.5. The second-order valence-corrected chi connectivity index (χ2v) is 5.21. The number of nitrogens with zero attached hydrogens (tertiary/aromatic N) is 1. The minimum absolute atomic E-state index is 0.267. The quantitative estimate of drug-likeness (QED) is 0.609. The van der Waals surface area contributed by atoms with Crippen LogP contribution in [0.15, 0.2) is 18.2 Å². The van der Waals surface area contributed by atoms with Gasteiger partial charge in [-0.2, -0.15) is 0 Å². The Balaban J connectivity index is 2.00. The maximum atomic E-state index is 12.3. The number of anilines is 1. The lowest BCUT2D eigenvalue weighted by Crippen LogP contribution is -2.52. The fourth-order valence-corrected chi connectivity index (χ4v) is 2.68. The Kier molecular flexibility index (Phi) is 3.50. The fraction of sp³-hybridized carbons (Fsp3) is 0.375. The van der Waals surface area contributed by atoms with Gasteiger partial charge in [0.25, 0.3) is 11.8 Å². The zero-order chi connectivity index (χ0) is 15.0. The number of nitrogens with two attached hydrogens (primary N) is 1. The van der Waals surface area contributed by atoms with Crippen molar-refractivity contribution < 1.29 is 14.3 Å². The van der Waals surface area contributed by atoms with Crippen LogP contribution in [0.1, 0.15) is 24.0 Å². The first kappa shape index (κ1) is 13.8. The second kappa shape index (κ2) is 5.32. The molecule has 108 valence electrons. The Morgan fingerprint density at radius 3 is 2.57 bits per heavy atom. The Bertz CT molecular complexity index is 650. The maximum absolute atomic E-state index is 12.3. The average molecular weight is 284 g/mol. The van der Waals surface area contributed by atoms with E-state index >= 15 is 0 Å². The monoisotopic (exact) mass is 284 g/mol. The molecule has 2 N–H and O–H groups in total. The predicted octanol–water partition coefficient (Wildman–Crippen LogP) is 0.726. The van der Waals surface area contributed by atoms with Gasteiger partial charge in [-0.1, -0.05) is 17.9 Å². The van der Waals surface area contributed by atoms with E-state index in [9.17, 15) is 9.59 Å². The Morgan fingerprint density at radius 1 is 1.29 bits per heavy atom. The first-order valence-corrected chi connectivity index (χ1v) is 6.94. The van der Waals surface area contributed by atoms with E-state index in [0.29, 0.717) is 18.5 Å². The minimum Gasteiger partial charge on any atom is -0.355 e. The summed E-state index contributed by atoms with van der Waals surface area (Å²) >= 11 is 0. The fourth-order valence-electron chi connectivity index (χ4n) is 2.68.